The zero-order chi connectivity index (χ0) is 17.2. The summed E-state index contributed by atoms with van der Waals surface area (Å²) < 4.78 is 19.8. The molecule has 0 aliphatic carbocycles. The van der Waals surface area contributed by atoms with Crippen molar-refractivity contribution in [1.82, 2.24) is 9.97 Å². The summed E-state index contributed by atoms with van der Waals surface area (Å²) in [6.07, 6.45) is 4.99. The molecule has 0 amide bonds. The van der Waals surface area contributed by atoms with Gasteiger partial charge in [-0.15, -0.1) is 0 Å². The number of pyridine rings is 2. The fourth-order valence-corrected chi connectivity index (χ4v) is 2.99. The Balaban J connectivity index is 1.75. The lowest BCUT2D eigenvalue weighted by atomic mass is 10.0. The number of phenolic OH excluding ortho intramolecular Hbond substituents is 1. The third-order valence-corrected chi connectivity index (χ3v) is 4.15. The van der Waals surface area contributed by atoms with Crippen LogP contribution in [0.25, 0.3) is 11.1 Å². The summed E-state index contributed by atoms with van der Waals surface area (Å²) in [4.78, 5) is 10.1. The van der Waals surface area contributed by atoms with Gasteiger partial charge in [-0.1, -0.05) is 6.07 Å². The van der Waals surface area contributed by atoms with Crippen LogP contribution in [0.4, 0.5) is 10.2 Å². The molecule has 1 aliphatic heterocycles. The maximum Gasteiger partial charge on any atom is 0.166 e. The average molecular weight is 337 g/mol. The number of hydrogen-bond acceptors (Lipinski definition) is 5. The van der Waals surface area contributed by atoms with E-state index in [9.17, 15) is 9.50 Å². The highest BCUT2D eigenvalue weighted by atomic mass is 19.1. The summed E-state index contributed by atoms with van der Waals surface area (Å²) in [5.41, 5.74) is 2.50. The number of fused-ring (bicyclic) bond motifs is 1. The molecule has 0 bridgehead atoms. The maximum atomic E-state index is 14.1. The minimum absolute atomic E-state index is 0.0692. The lowest BCUT2D eigenvalue weighted by molar-refractivity contribution is 0.311. The number of benzene rings is 1. The Morgan fingerprint density at radius 2 is 2.00 bits per heavy atom. The molecule has 1 aliphatic rings. The van der Waals surface area contributed by atoms with Crippen molar-refractivity contribution in [3.63, 3.8) is 0 Å². The third kappa shape index (κ3) is 2.98. The Morgan fingerprint density at radius 1 is 1.12 bits per heavy atom. The van der Waals surface area contributed by atoms with Gasteiger partial charge in [0.25, 0.3) is 0 Å². The molecular formula is C19H16FN3O2. The molecule has 126 valence electrons. The molecule has 3 aromatic rings. The number of hydrogen-bond donors (Lipinski definition) is 1. The molecule has 0 atom stereocenters. The van der Waals surface area contributed by atoms with Gasteiger partial charge in [0, 0.05) is 36.3 Å². The summed E-state index contributed by atoms with van der Waals surface area (Å²) in [6.45, 7) is 1.21. The van der Waals surface area contributed by atoms with Crippen LogP contribution in [0.2, 0.25) is 0 Å². The van der Waals surface area contributed by atoms with E-state index in [0.717, 1.165) is 16.7 Å². The quantitative estimate of drug-likeness (QED) is 0.777. The second-order valence-electron chi connectivity index (χ2n) is 5.80. The molecule has 6 heteroatoms. The zero-order valence-electron chi connectivity index (χ0n) is 13.4. The van der Waals surface area contributed by atoms with E-state index < -0.39 is 0 Å². The number of aromatic nitrogens is 2. The molecule has 3 heterocycles. The summed E-state index contributed by atoms with van der Waals surface area (Å²) in [5, 5.41) is 10.4. The van der Waals surface area contributed by atoms with Crippen molar-refractivity contribution >= 4 is 5.82 Å². The number of aromatic hydroxyl groups is 1. The molecular weight excluding hydrogens is 321 g/mol. The van der Waals surface area contributed by atoms with Gasteiger partial charge >= 0.3 is 0 Å². The van der Waals surface area contributed by atoms with Crippen molar-refractivity contribution in [2.24, 2.45) is 0 Å². The summed E-state index contributed by atoms with van der Waals surface area (Å²) >= 11 is 0. The van der Waals surface area contributed by atoms with Gasteiger partial charge in [-0.2, -0.15) is 0 Å². The molecule has 5 nitrogen and oxygen atoms in total. The second kappa shape index (κ2) is 6.39. The third-order valence-electron chi connectivity index (χ3n) is 4.15. The molecule has 0 radical (unpaired) electrons. The van der Waals surface area contributed by atoms with Crippen LogP contribution < -0.4 is 9.64 Å². The molecule has 0 saturated heterocycles. The first-order chi connectivity index (χ1) is 12.2. The van der Waals surface area contributed by atoms with Gasteiger partial charge in [-0.3, -0.25) is 4.98 Å². The molecule has 0 unspecified atom stereocenters. The Morgan fingerprint density at radius 3 is 2.80 bits per heavy atom. The van der Waals surface area contributed by atoms with E-state index in [2.05, 4.69) is 9.97 Å². The standard InChI is InChI=1S/C19H16FN3O2/c20-16-4-2-6-22-19(16)23-7-8-25-18-15(12-23)9-14(10-17(18)24)13-3-1-5-21-11-13/h1-6,9-11,24H,7-8,12H2. The summed E-state index contributed by atoms with van der Waals surface area (Å²) in [7, 11) is 0. The number of anilines is 1. The van der Waals surface area contributed by atoms with Crippen LogP contribution in [0, 0.1) is 5.82 Å². The summed E-state index contributed by atoms with van der Waals surface area (Å²) in [6, 6.07) is 10.3. The maximum absolute atomic E-state index is 14.1. The molecule has 0 saturated carbocycles. The first-order valence-electron chi connectivity index (χ1n) is 7.97. The van der Waals surface area contributed by atoms with Gasteiger partial charge in [-0.25, -0.2) is 9.37 Å². The molecule has 4 rings (SSSR count). The van der Waals surface area contributed by atoms with Crippen molar-refractivity contribution < 1.29 is 14.2 Å². The van der Waals surface area contributed by atoms with Crippen LogP contribution in [0.15, 0.2) is 55.0 Å². The number of nitrogens with zero attached hydrogens (tertiary/aromatic N) is 3. The van der Waals surface area contributed by atoms with E-state index in [1.54, 1.807) is 30.7 Å². The van der Waals surface area contributed by atoms with E-state index >= 15 is 0 Å². The van der Waals surface area contributed by atoms with Gasteiger partial charge in [0.15, 0.2) is 23.1 Å². The Hall–Kier alpha value is -3.15. The normalized spacial score (nSPS) is 13.7. The fraction of sp³-hybridized carbons (Fsp3) is 0.158. The topological polar surface area (TPSA) is 58.5 Å². The van der Waals surface area contributed by atoms with E-state index in [-0.39, 0.29) is 17.4 Å². The number of phenols is 1. The Bertz CT molecular complexity index is 902. The largest absolute Gasteiger partial charge is 0.504 e. The van der Waals surface area contributed by atoms with Crippen molar-refractivity contribution in [2.75, 3.05) is 18.1 Å². The SMILES string of the molecule is Oc1cc(-c2cccnc2)cc2c1OCCN(c1ncccc1F)C2. The van der Waals surface area contributed by atoms with Crippen molar-refractivity contribution in [1.29, 1.82) is 0 Å². The Kier molecular flexibility index (Phi) is 3.93. The van der Waals surface area contributed by atoms with Crippen LogP contribution in [-0.4, -0.2) is 28.2 Å². The minimum Gasteiger partial charge on any atom is -0.504 e. The van der Waals surface area contributed by atoms with Crippen LogP contribution in [0.1, 0.15) is 5.56 Å². The van der Waals surface area contributed by atoms with Gasteiger partial charge in [-0.05, 0) is 35.9 Å². The molecule has 0 fully saturated rings. The van der Waals surface area contributed by atoms with E-state index in [0.29, 0.717) is 25.4 Å². The van der Waals surface area contributed by atoms with Gasteiger partial charge in [0.1, 0.15) is 6.61 Å². The number of halogens is 1. The van der Waals surface area contributed by atoms with Gasteiger partial charge < -0.3 is 14.7 Å². The molecule has 1 N–H and O–H groups in total. The first-order valence-corrected chi connectivity index (χ1v) is 7.97. The lowest BCUT2D eigenvalue weighted by Gasteiger charge is -2.21. The van der Waals surface area contributed by atoms with E-state index in [4.69, 9.17) is 4.74 Å². The lowest BCUT2D eigenvalue weighted by Crippen LogP contribution is -2.27. The van der Waals surface area contributed by atoms with Crippen LogP contribution in [-0.2, 0) is 6.54 Å². The van der Waals surface area contributed by atoms with Gasteiger partial charge in [0.05, 0.1) is 6.54 Å². The highest BCUT2D eigenvalue weighted by Crippen LogP contribution is 2.38. The zero-order valence-corrected chi connectivity index (χ0v) is 13.4. The van der Waals surface area contributed by atoms with Crippen molar-refractivity contribution in [3.8, 4) is 22.6 Å². The van der Waals surface area contributed by atoms with Crippen LogP contribution in [0.5, 0.6) is 11.5 Å². The number of rotatable bonds is 2. The molecule has 1 aromatic carbocycles. The fourth-order valence-electron chi connectivity index (χ4n) is 2.99. The van der Waals surface area contributed by atoms with Gasteiger partial charge in [0.2, 0.25) is 0 Å². The summed E-state index contributed by atoms with van der Waals surface area (Å²) in [5.74, 6) is 0.412. The number of ether oxygens (including phenoxy) is 1. The van der Waals surface area contributed by atoms with Crippen LogP contribution in [0.3, 0.4) is 0 Å². The molecule has 25 heavy (non-hydrogen) atoms. The molecule has 2 aromatic heterocycles. The molecule has 0 spiro atoms. The van der Waals surface area contributed by atoms with Crippen LogP contribution >= 0.6 is 0 Å². The predicted octanol–water partition coefficient (Wildman–Crippen LogP) is 3.39. The highest BCUT2D eigenvalue weighted by Gasteiger charge is 2.22. The van der Waals surface area contributed by atoms with Crippen molar-refractivity contribution in [2.45, 2.75) is 6.54 Å². The minimum atomic E-state index is -0.376. The Labute approximate surface area is 144 Å². The van der Waals surface area contributed by atoms with E-state index in [1.165, 1.54) is 6.07 Å². The monoisotopic (exact) mass is 337 g/mol. The predicted molar refractivity (Wildman–Crippen MR) is 92.1 cm³/mol. The average Bonchev–Trinajstić information content (AvgIpc) is 2.85. The first kappa shape index (κ1) is 15.4. The van der Waals surface area contributed by atoms with E-state index in [1.807, 2.05) is 23.1 Å². The van der Waals surface area contributed by atoms with Crippen molar-refractivity contribution in [3.05, 3.63) is 66.4 Å². The highest BCUT2D eigenvalue weighted by molar-refractivity contribution is 5.68. The second-order valence-corrected chi connectivity index (χ2v) is 5.80. The smallest absolute Gasteiger partial charge is 0.166 e.